The second-order valence-corrected chi connectivity index (χ2v) is 7.27. The van der Waals surface area contributed by atoms with Crippen LogP contribution in [0.15, 0.2) is 5.16 Å². The van der Waals surface area contributed by atoms with E-state index in [0.29, 0.717) is 11.1 Å². The van der Waals surface area contributed by atoms with Gasteiger partial charge < -0.3 is 5.32 Å². The fourth-order valence-electron chi connectivity index (χ4n) is 1.35. The number of thioether (sulfide) groups is 1. The van der Waals surface area contributed by atoms with E-state index < -0.39 is 3.79 Å². The van der Waals surface area contributed by atoms with Crippen molar-refractivity contribution in [3.05, 3.63) is 5.82 Å². The second-order valence-electron chi connectivity index (χ2n) is 3.92. The molecule has 0 fully saturated rings. The molecule has 1 rings (SSSR count). The van der Waals surface area contributed by atoms with Crippen LogP contribution in [0.4, 0.5) is 5.95 Å². The van der Waals surface area contributed by atoms with Crippen molar-refractivity contribution in [2.45, 2.75) is 41.6 Å². The Bertz CT molecular complexity index is 398. The number of alkyl halides is 3. The molecule has 1 N–H and O–H groups in total. The van der Waals surface area contributed by atoms with Crippen molar-refractivity contribution in [2.75, 3.05) is 18.1 Å². The van der Waals surface area contributed by atoms with Crippen LogP contribution in [-0.2, 0) is 3.79 Å². The highest BCUT2D eigenvalue weighted by Crippen LogP contribution is 2.36. The van der Waals surface area contributed by atoms with Crippen LogP contribution in [0.3, 0.4) is 0 Å². The zero-order valence-corrected chi connectivity index (χ0v) is 14.0. The molecule has 0 aliphatic heterocycles. The van der Waals surface area contributed by atoms with Gasteiger partial charge in [-0.05, 0) is 6.42 Å². The van der Waals surface area contributed by atoms with E-state index in [9.17, 15) is 0 Å². The van der Waals surface area contributed by atoms with Crippen molar-refractivity contribution in [3.8, 4) is 0 Å². The summed E-state index contributed by atoms with van der Waals surface area (Å²) in [6.45, 7) is 2.19. The molecule has 0 aliphatic rings. The van der Waals surface area contributed by atoms with E-state index in [4.69, 9.17) is 34.8 Å². The Morgan fingerprint density at radius 2 is 1.84 bits per heavy atom. The van der Waals surface area contributed by atoms with Gasteiger partial charge in [0, 0.05) is 12.8 Å². The van der Waals surface area contributed by atoms with E-state index in [1.54, 1.807) is 18.8 Å². The first kappa shape index (κ1) is 17.1. The third kappa shape index (κ3) is 6.34. The van der Waals surface area contributed by atoms with E-state index in [1.165, 1.54) is 19.3 Å². The lowest BCUT2D eigenvalue weighted by Crippen LogP contribution is -2.11. The number of halogens is 3. The molecule has 108 valence electrons. The van der Waals surface area contributed by atoms with Gasteiger partial charge in [-0.1, -0.05) is 72.8 Å². The minimum Gasteiger partial charge on any atom is -0.357 e. The molecule has 0 spiro atoms. The quantitative estimate of drug-likeness (QED) is 0.451. The van der Waals surface area contributed by atoms with Gasteiger partial charge in [0.25, 0.3) is 0 Å². The summed E-state index contributed by atoms with van der Waals surface area (Å²) in [5, 5.41) is 3.42. The lowest BCUT2D eigenvalue weighted by Gasteiger charge is -2.11. The molecule has 0 saturated heterocycles. The SMILES string of the molecule is CCCCCCSc1nc(NC)nc(C(Cl)(Cl)Cl)n1. The van der Waals surface area contributed by atoms with Crippen LogP contribution in [0.5, 0.6) is 0 Å². The second kappa shape index (κ2) is 8.35. The number of nitrogens with one attached hydrogen (secondary N) is 1. The first-order valence-corrected chi connectivity index (χ1v) is 8.23. The Morgan fingerprint density at radius 3 is 2.42 bits per heavy atom. The molecule has 1 aromatic rings. The Kier molecular flexibility index (Phi) is 7.50. The maximum Gasteiger partial charge on any atom is 0.250 e. The van der Waals surface area contributed by atoms with Crippen molar-refractivity contribution in [3.63, 3.8) is 0 Å². The summed E-state index contributed by atoms with van der Waals surface area (Å²) in [4.78, 5) is 12.5. The topological polar surface area (TPSA) is 50.7 Å². The van der Waals surface area contributed by atoms with Crippen molar-refractivity contribution >= 4 is 52.5 Å². The fourth-order valence-corrected chi connectivity index (χ4v) is 2.44. The molecule has 0 saturated carbocycles. The maximum atomic E-state index is 5.80. The standard InChI is InChI=1S/C11H17Cl3N4S/c1-3-4-5-6-7-19-10-17-8(11(12,13)14)16-9(15-2)18-10/h3-7H2,1-2H3,(H,15,16,17,18). The molecular formula is C11H17Cl3N4S. The summed E-state index contributed by atoms with van der Waals surface area (Å²) in [6, 6.07) is 0. The normalized spacial score (nSPS) is 11.6. The maximum absolute atomic E-state index is 5.80. The van der Waals surface area contributed by atoms with Crippen LogP contribution in [0.25, 0.3) is 0 Å². The highest BCUT2D eigenvalue weighted by Gasteiger charge is 2.28. The van der Waals surface area contributed by atoms with Gasteiger partial charge in [0.2, 0.25) is 9.74 Å². The van der Waals surface area contributed by atoms with E-state index in [2.05, 4.69) is 27.2 Å². The molecule has 8 heteroatoms. The molecule has 0 aromatic carbocycles. The number of rotatable bonds is 7. The summed E-state index contributed by atoms with van der Waals surface area (Å²) < 4.78 is -1.63. The molecule has 1 aromatic heterocycles. The zero-order valence-electron chi connectivity index (χ0n) is 10.9. The molecule has 0 radical (unpaired) electrons. The van der Waals surface area contributed by atoms with Gasteiger partial charge in [-0.2, -0.15) is 9.97 Å². The Morgan fingerprint density at radius 1 is 1.11 bits per heavy atom. The average Bonchev–Trinajstić information content (AvgIpc) is 2.37. The van der Waals surface area contributed by atoms with E-state index in [-0.39, 0.29) is 5.82 Å². The Hall–Kier alpha value is 0.0300. The molecule has 0 unspecified atom stereocenters. The molecule has 0 atom stereocenters. The van der Waals surface area contributed by atoms with Crippen LogP contribution in [0.1, 0.15) is 38.4 Å². The number of anilines is 1. The zero-order chi connectivity index (χ0) is 14.3. The largest absolute Gasteiger partial charge is 0.357 e. The highest BCUT2D eigenvalue weighted by molar-refractivity contribution is 7.99. The van der Waals surface area contributed by atoms with E-state index in [0.717, 1.165) is 12.2 Å². The van der Waals surface area contributed by atoms with Crippen molar-refractivity contribution < 1.29 is 0 Å². The smallest absolute Gasteiger partial charge is 0.250 e. The number of nitrogens with zero attached hydrogens (tertiary/aromatic N) is 3. The van der Waals surface area contributed by atoms with Crippen LogP contribution in [0.2, 0.25) is 0 Å². The van der Waals surface area contributed by atoms with E-state index in [1.807, 2.05) is 0 Å². The molecule has 1 heterocycles. The van der Waals surface area contributed by atoms with Gasteiger partial charge in [0.15, 0.2) is 11.0 Å². The summed E-state index contributed by atoms with van der Waals surface area (Å²) in [5.74, 6) is 1.51. The number of hydrogen-bond donors (Lipinski definition) is 1. The Labute approximate surface area is 133 Å². The van der Waals surface area contributed by atoms with Crippen LogP contribution in [0, 0.1) is 0 Å². The van der Waals surface area contributed by atoms with Gasteiger partial charge in [0.1, 0.15) is 0 Å². The minimum atomic E-state index is -1.63. The lowest BCUT2D eigenvalue weighted by molar-refractivity contribution is 0.705. The molecule has 0 bridgehead atoms. The molecule has 19 heavy (non-hydrogen) atoms. The monoisotopic (exact) mass is 342 g/mol. The van der Waals surface area contributed by atoms with Crippen LogP contribution in [-0.4, -0.2) is 27.8 Å². The summed E-state index contributed by atoms with van der Waals surface area (Å²) in [6.07, 6.45) is 4.81. The first-order chi connectivity index (χ1) is 8.97. The number of unbranched alkanes of at least 4 members (excludes halogenated alkanes) is 3. The van der Waals surface area contributed by atoms with Crippen molar-refractivity contribution in [1.29, 1.82) is 0 Å². The third-order valence-electron chi connectivity index (χ3n) is 2.32. The predicted octanol–water partition coefficient (Wildman–Crippen LogP) is 4.41. The summed E-state index contributed by atoms with van der Waals surface area (Å²) >= 11 is 19.0. The lowest BCUT2D eigenvalue weighted by atomic mass is 10.2. The molecular weight excluding hydrogens is 327 g/mol. The molecule has 4 nitrogen and oxygen atoms in total. The average molecular weight is 344 g/mol. The molecule has 0 amide bonds. The van der Waals surface area contributed by atoms with E-state index >= 15 is 0 Å². The van der Waals surface area contributed by atoms with Gasteiger partial charge in [-0.25, -0.2) is 4.98 Å². The number of hydrogen-bond acceptors (Lipinski definition) is 5. The van der Waals surface area contributed by atoms with Gasteiger partial charge in [-0.3, -0.25) is 0 Å². The van der Waals surface area contributed by atoms with Crippen LogP contribution < -0.4 is 5.32 Å². The van der Waals surface area contributed by atoms with Crippen LogP contribution >= 0.6 is 46.6 Å². The van der Waals surface area contributed by atoms with Crippen molar-refractivity contribution in [1.82, 2.24) is 15.0 Å². The molecule has 0 aliphatic carbocycles. The van der Waals surface area contributed by atoms with Gasteiger partial charge in [0.05, 0.1) is 0 Å². The fraction of sp³-hybridized carbons (Fsp3) is 0.727. The third-order valence-corrected chi connectivity index (χ3v) is 3.76. The number of aromatic nitrogens is 3. The van der Waals surface area contributed by atoms with Gasteiger partial charge in [-0.15, -0.1) is 0 Å². The Balaban J connectivity index is 2.67. The highest BCUT2D eigenvalue weighted by atomic mass is 35.6. The summed E-state index contributed by atoms with van der Waals surface area (Å²) in [5.41, 5.74) is 0. The minimum absolute atomic E-state index is 0.146. The first-order valence-electron chi connectivity index (χ1n) is 6.11. The van der Waals surface area contributed by atoms with Gasteiger partial charge >= 0.3 is 0 Å². The van der Waals surface area contributed by atoms with Crippen molar-refractivity contribution in [2.24, 2.45) is 0 Å². The summed E-state index contributed by atoms with van der Waals surface area (Å²) in [7, 11) is 1.72. The predicted molar refractivity (Wildman–Crippen MR) is 83.5 cm³/mol.